The molecule has 0 N–H and O–H groups in total. The summed E-state index contributed by atoms with van der Waals surface area (Å²) in [7, 11) is 1.67. The van der Waals surface area contributed by atoms with Crippen molar-refractivity contribution in [2.45, 2.75) is 44.6 Å². The van der Waals surface area contributed by atoms with Crippen molar-refractivity contribution in [1.29, 1.82) is 0 Å². The Morgan fingerprint density at radius 1 is 0.947 bits per heavy atom. The Kier molecular flexibility index (Phi) is 8.01. The zero-order chi connectivity index (χ0) is 25.4. The molecule has 0 aromatic heterocycles. The molecule has 204 valence electrons. The van der Waals surface area contributed by atoms with Gasteiger partial charge in [-0.2, -0.15) is 0 Å². The average Bonchev–Trinajstić information content (AvgIpc) is 3.65. The summed E-state index contributed by atoms with van der Waals surface area (Å²) in [5, 5.41) is 0. The maximum absolute atomic E-state index is 13.5. The summed E-state index contributed by atoms with van der Waals surface area (Å²) in [6, 6.07) is 18.8. The second-order valence-electron chi connectivity index (χ2n) is 11.7. The largest absolute Gasteiger partial charge is 0.497 e. The number of ether oxygens (including phenoxy) is 1. The lowest BCUT2D eigenvalue weighted by atomic mass is 9.76. The highest BCUT2D eigenvalue weighted by Crippen LogP contribution is 2.43. The highest BCUT2D eigenvalue weighted by molar-refractivity contribution is 5.85. The van der Waals surface area contributed by atoms with Crippen LogP contribution in [0.2, 0.25) is 0 Å². The Balaban J connectivity index is 0.00000294. The molecule has 6 nitrogen and oxygen atoms in total. The molecule has 2 amide bonds. The number of carbonyl (C=O) groups is 2. The fourth-order valence-electron chi connectivity index (χ4n) is 6.86. The van der Waals surface area contributed by atoms with E-state index in [4.69, 9.17) is 4.74 Å². The van der Waals surface area contributed by atoms with E-state index >= 15 is 0 Å². The number of carbonyl (C=O) groups excluding carboxylic acids is 2. The van der Waals surface area contributed by atoms with E-state index in [1.165, 1.54) is 5.56 Å². The second-order valence-corrected chi connectivity index (χ2v) is 11.7. The van der Waals surface area contributed by atoms with Crippen molar-refractivity contribution in [2.75, 3.05) is 46.4 Å². The molecule has 1 saturated carbocycles. The molecule has 7 heteroatoms. The van der Waals surface area contributed by atoms with Crippen LogP contribution in [-0.2, 0) is 16.1 Å². The second kappa shape index (κ2) is 11.3. The molecule has 1 aliphatic carbocycles. The monoisotopic (exact) mass is 537 g/mol. The van der Waals surface area contributed by atoms with Crippen molar-refractivity contribution in [2.24, 2.45) is 17.3 Å². The molecule has 3 aliphatic heterocycles. The van der Waals surface area contributed by atoms with E-state index in [0.717, 1.165) is 82.7 Å². The topological polar surface area (TPSA) is 53.1 Å². The Morgan fingerprint density at radius 2 is 1.63 bits per heavy atom. The third kappa shape index (κ3) is 5.43. The van der Waals surface area contributed by atoms with Gasteiger partial charge in [-0.1, -0.05) is 42.5 Å². The minimum atomic E-state index is -0.189. The normalized spacial score (nSPS) is 25.0. The smallest absolute Gasteiger partial charge is 0.229 e. The summed E-state index contributed by atoms with van der Waals surface area (Å²) >= 11 is 0. The summed E-state index contributed by atoms with van der Waals surface area (Å²) in [5.74, 6) is 2.68. The van der Waals surface area contributed by atoms with Gasteiger partial charge in [0.05, 0.1) is 12.5 Å². The van der Waals surface area contributed by atoms with Gasteiger partial charge in [0.1, 0.15) is 5.75 Å². The number of hydrogen-bond donors (Lipinski definition) is 0. The predicted molar refractivity (Wildman–Crippen MR) is 150 cm³/mol. The van der Waals surface area contributed by atoms with Crippen LogP contribution in [0.4, 0.5) is 0 Å². The third-order valence-corrected chi connectivity index (χ3v) is 9.35. The van der Waals surface area contributed by atoms with Gasteiger partial charge in [0.25, 0.3) is 0 Å². The van der Waals surface area contributed by atoms with E-state index in [-0.39, 0.29) is 23.7 Å². The minimum Gasteiger partial charge on any atom is -0.497 e. The fourth-order valence-corrected chi connectivity index (χ4v) is 6.86. The molecule has 6 rings (SSSR count). The highest BCUT2D eigenvalue weighted by atomic mass is 35.5. The zero-order valence-corrected chi connectivity index (χ0v) is 23.2. The van der Waals surface area contributed by atoms with Crippen LogP contribution in [0.25, 0.3) is 0 Å². The lowest BCUT2D eigenvalue weighted by Crippen LogP contribution is -2.46. The van der Waals surface area contributed by atoms with Crippen LogP contribution in [0.3, 0.4) is 0 Å². The first-order valence-electron chi connectivity index (χ1n) is 14.0. The van der Waals surface area contributed by atoms with Crippen molar-refractivity contribution in [3.05, 3.63) is 65.7 Å². The fraction of sp³-hybridized carbons (Fsp3) is 0.548. The first kappa shape index (κ1) is 27.0. The van der Waals surface area contributed by atoms with Crippen molar-refractivity contribution in [1.82, 2.24) is 14.7 Å². The molecule has 4 fully saturated rings. The van der Waals surface area contributed by atoms with E-state index in [1.54, 1.807) is 7.11 Å². The van der Waals surface area contributed by atoms with Crippen molar-refractivity contribution < 1.29 is 14.3 Å². The predicted octanol–water partition coefficient (Wildman–Crippen LogP) is 4.58. The van der Waals surface area contributed by atoms with Gasteiger partial charge in [0.2, 0.25) is 11.8 Å². The lowest BCUT2D eigenvalue weighted by Gasteiger charge is -2.39. The van der Waals surface area contributed by atoms with Crippen LogP contribution in [0, 0.1) is 17.3 Å². The molecule has 2 unspecified atom stereocenters. The van der Waals surface area contributed by atoms with Gasteiger partial charge in [-0.15, -0.1) is 12.4 Å². The van der Waals surface area contributed by atoms with E-state index < -0.39 is 0 Å². The summed E-state index contributed by atoms with van der Waals surface area (Å²) in [5.41, 5.74) is 2.32. The first-order valence-corrected chi connectivity index (χ1v) is 14.0. The Bertz CT molecular complexity index is 1110. The molecule has 1 spiro atoms. The molecule has 2 atom stereocenters. The molecule has 3 heterocycles. The van der Waals surface area contributed by atoms with Crippen molar-refractivity contribution in [3.63, 3.8) is 0 Å². The molecule has 0 radical (unpaired) electrons. The SMILES string of the molecule is COc1ccc(CN2CCC3(CCN(CC4CN(C(=O)C5CC5)CC4c4ccccc4)CC3)C2=O)cc1.Cl. The average molecular weight is 538 g/mol. The minimum absolute atomic E-state index is 0. The quantitative estimate of drug-likeness (QED) is 0.518. The van der Waals surface area contributed by atoms with Gasteiger partial charge in [-0.3, -0.25) is 9.59 Å². The van der Waals surface area contributed by atoms with Crippen molar-refractivity contribution in [3.8, 4) is 5.75 Å². The number of likely N-dealkylation sites (tertiary alicyclic amines) is 3. The van der Waals surface area contributed by atoms with Gasteiger partial charge in [-0.05, 0) is 74.4 Å². The molecule has 2 aromatic carbocycles. The number of benzene rings is 2. The Labute approximate surface area is 232 Å². The maximum Gasteiger partial charge on any atom is 0.229 e. The summed E-state index contributed by atoms with van der Waals surface area (Å²) < 4.78 is 5.27. The molecular weight excluding hydrogens is 498 g/mol. The first-order chi connectivity index (χ1) is 18.0. The van der Waals surface area contributed by atoms with Crippen LogP contribution in [0.5, 0.6) is 5.75 Å². The Morgan fingerprint density at radius 3 is 2.29 bits per heavy atom. The third-order valence-electron chi connectivity index (χ3n) is 9.35. The van der Waals surface area contributed by atoms with E-state index in [9.17, 15) is 9.59 Å². The van der Waals surface area contributed by atoms with Gasteiger partial charge in [0, 0.05) is 44.6 Å². The number of halogens is 1. The zero-order valence-electron chi connectivity index (χ0n) is 22.4. The number of rotatable bonds is 7. The number of methoxy groups -OCH3 is 1. The summed E-state index contributed by atoms with van der Waals surface area (Å²) in [6.45, 7) is 6.19. The van der Waals surface area contributed by atoms with Crippen molar-refractivity contribution >= 4 is 24.2 Å². The van der Waals surface area contributed by atoms with Crippen LogP contribution in [-0.4, -0.2) is 72.9 Å². The van der Waals surface area contributed by atoms with Gasteiger partial charge < -0.3 is 19.4 Å². The van der Waals surface area contributed by atoms with Crippen LogP contribution >= 0.6 is 12.4 Å². The van der Waals surface area contributed by atoms with Crippen LogP contribution < -0.4 is 4.74 Å². The summed E-state index contributed by atoms with van der Waals surface area (Å²) in [4.78, 5) is 33.2. The molecule has 2 aromatic rings. The number of nitrogens with zero attached hydrogens (tertiary/aromatic N) is 3. The number of hydrogen-bond acceptors (Lipinski definition) is 4. The molecule has 38 heavy (non-hydrogen) atoms. The van der Waals surface area contributed by atoms with E-state index in [1.807, 2.05) is 12.1 Å². The molecule has 0 bridgehead atoms. The van der Waals surface area contributed by atoms with Crippen LogP contribution in [0.1, 0.15) is 49.1 Å². The number of amides is 2. The Hall–Kier alpha value is -2.57. The van der Waals surface area contributed by atoms with Gasteiger partial charge in [0.15, 0.2) is 0 Å². The lowest BCUT2D eigenvalue weighted by molar-refractivity contribution is -0.139. The summed E-state index contributed by atoms with van der Waals surface area (Å²) in [6.07, 6.45) is 4.98. The van der Waals surface area contributed by atoms with Crippen LogP contribution in [0.15, 0.2) is 54.6 Å². The van der Waals surface area contributed by atoms with Gasteiger partial charge in [-0.25, -0.2) is 0 Å². The standard InChI is InChI=1S/C31H39N3O3.ClH/c1-37-27-11-7-23(8-12-27)19-33-18-15-31(30(33)36)13-16-32(17-14-31)20-26-21-34(29(35)25-9-10-25)22-28(26)24-5-3-2-4-6-24;/h2-8,11-12,25-26,28H,9-10,13-22H2,1H3;1H. The molecular formula is C31H40ClN3O3. The maximum atomic E-state index is 13.5. The highest BCUT2D eigenvalue weighted by Gasteiger charge is 2.49. The van der Waals surface area contributed by atoms with E-state index in [2.05, 4.69) is 57.2 Å². The van der Waals surface area contributed by atoms with Gasteiger partial charge >= 0.3 is 0 Å². The molecule has 3 saturated heterocycles. The van der Waals surface area contributed by atoms with E-state index in [0.29, 0.717) is 30.2 Å². The number of piperidine rings is 1. The molecule has 4 aliphatic rings.